The molecule has 0 N–H and O–H groups in total. The molecular formula is C19H16ClNO6. The highest BCUT2D eigenvalue weighted by Gasteiger charge is 2.23. The number of fused-ring (bicyclic) bond motifs is 1. The molecule has 0 saturated carbocycles. The zero-order valence-corrected chi connectivity index (χ0v) is 15.0. The minimum atomic E-state index is -0.417. The fourth-order valence-corrected chi connectivity index (χ4v) is 3.06. The van der Waals surface area contributed by atoms with Gasteiger partial charge in [-0.2, -0.15) is 0 Å². The lowest BCUT2D eigenvalue weighted by Gasteiger charge is -2.26. The van der Waals surface area contributed by atoms with Crippen molar-refractivity contribution >= 4 is 28.5 Å². The fraction of sp³-hybridized carbons (Fsp3) is 0.263. The zero-order chi connectivity index (χ0) is 18.8. The summed E-state index contributed by atoms with van der Waals surface area (Å²) < 4.78 is 22.0. The summed E-state index contributed by atoms with van der Waals surface area (Å²) in [7, 11) is 0. The molecule has 0 aliphatic carbocycles. The summed E-state index contributed by atoms with van der Waals surface area (Å²) in [6.45, 7) is 1.68. The number of hydrogen-bond donors (Lipinski definition) is 0. The average Bonchev–Trinajstić information content (AvgIpc) is 3.22. The summed E-state index contributed by atoms with van der Waals surface area (Å²) in [6, 6.07) is 8.06. The third-order valence-electron chi connectivity index (χ3n) is 4.26. The van der Waals surface area contributed by atoms with Crippen LogP contribution in [0.4, 0.5) is 0 Å². The number of carbonyl (C=O) groups excluding carboxylic acids is 1. The third kappa shape index (κ3) is 3.56. The summed E-state index contributed by atoms with van der Waals surface area (Å²) in [4.78, 5) is 27.0. The summed E-state index contributed by atoms with van der Waals surface area (Å²) in [5, 5.41) is 0.669. The van der Waals surface area contributed by atoms with Crippen molar-refractivity contribution in [3.05, 3.63) is 51.8 Å². The molecule has 3 aromatic rings. The number of benzene rings is 1. The Kier molecular flexibility index (Phi) is 4.87. The SMILES string of the molecule is O=C(COc1c(-c2ccco2)oc2ccc(Cl)cc2c1=O)N1CCOCC1. The first-order chi connectivity index (χ1) is 13.1. The van der Waals surface area contributed by atoms with E-state index in [9.17, 15) is 9.59 Å². The average molecular weight is 390 g/mol. The predicted octanol–water partition coefficient (Wildman–Crippen LogP) is 2.94. The lowest BCUT2D eigenvalue weighted by Crippen LogP contribution is -2.43. The van der Waals surface area contributed by atoms with Gasteiger partial charge in [0.1, 0.15) is 5.58 Å². The first-order valence-corrected chi connectivity index (χ1v) is 8.80. The van der Waals surface area contributed by atoms with Gasteiger partial charge in [-0.3, -0.25) is 9.59 Å². The number of hydrogen-bond acceptors (Lipinski definition) is 6. The molecule has 1 fully saturated rings. The van der Waals surface area contributed by atoms with Crippen molar-refractivity contribution in [3.63, 3.8) is 0 Å². The molecule has 27 heavy (non-hydrogen) atoms. The Hall–Kier alpha value is -2.77. The van der Waals surface area contributed by atoms with Gasteiger partial charge in [0, 0.05) is 18.1 Å². The highest BCUT2D eigenvalue weighted by atomic mass is 35.5. The number of nitrogens with zero attached hydrogens (tertiary/aromatic N) is 1. The number of amides is 1. The molecule has 140 valence electrons. The van der Waals surface area contributed by atoms with Crippen LogP contribution in [0.5, 0.6) is 5.75 Å². The molecular weight excluding hydrogens is 374 g/mol. The van der Waals surface area contributed by atoms with Crippen molar-refractivity contribution in [2.45, 2.75) is 0 Å². The Labute approximate surface area is 159 Å². The van der Waals surface area contributed by atoms with Gasteiger partial charge in [0.2, 0.25) is 16.9 Å². The lowest BCUT2D eigenvalue weighted by molar-refractivity contribution is -0.137. The van der Waals surface area contributed by atoms with Crippen molar-refractivity contribution in [2.24, 2.45) is 0 Å². The number of carbonyl (C=O) groups is 1. The maximum atomic E-state index is 13.0. The van der Waals surface area contributed by atoms with Crippen LogP contribution in [-0.2, 0) is 9.53 Å². The Bertz CT molecular complexity index is 1020. The van der Waals surface area contributed by atoms with Gasteiger partial charge in [-0.25, -0.2) is 0 Å². The van der Waals surface area contributed by atoms with Crippen molar-refractivity contribution in [2.75, 3.05) is 32.9 Å². The first kappa shape index (κ1) is 17.6. The van der Waals surface area contributed by atoms with Gasteiger partial charge in [0.25, 0.3) is 5.91 Å². The molecule has 1 saturated heterocycles. The van der Waals surface area contributed by atoms with Gasteiger partial charge >= 0.3 is 0 Å². The number of rotatable bonds is 4. The summed E-state index contributed by atoms with van der Waals surface area (Å²) in [5.41, 5.74) is -0.0671. The monoisotopic (exact) mass is 389 g/mol. The number of furan rings is 1. The minimum absolute atomic E-state index is 0.0821. The Morgan fingerprint density at radius 3 is 2.78 bits per heavy atom. The maximum Gasteiger partial charge on any atom is 0.260 e. The van der Waals surface area contributed by atoms with E-state index in [1.54, 1.807) is 29.2 Å². The first-order valence-electron chi connectivity index (χ1n) is 8.42. The van der Waals surface area contributed by atoms with E-state index < -0.39 is 5.43 Å². The van der Waals surface area contributed by atoms with Gasteiger partial charge in [-0.05, 0) is 30.3 Å². The molecule has 2 aromatic heterocycles. The maximum absolute atomic E-state index is 13.0. The van der Waals surface area contributed by atoms with Gasteiger partial charge in [-0.15, -0.1) is 0 Å². The van der Waals surface area contributed by atoms with Gasteiger partial charge in [-0.1, -0.05) is 11.6 Å². The smallest absolute Gasteiger partial charge is 0.260 e. The van der Waals surface area contributed by atoms with Crippen LogP contribution in [0.1, 0.15) is 0 Å². The van der Waals surface area contributed by atoms with Crippen LogP contribution in [0.3, 0.4) is 0 Å². The highest BCUT2D eigenvalue weighted by Crippen LogP contribution is 2.32. The van der Waals surface area contributed by atoms with Crippen molar-refractivity contribution < 1.29 is 23.1 Å². The normalized spacial score (nSPS) is 14.5. The predicted molar refractivity (Wildman–Crippen MR) is 98.1 cm³/mol. The van der Waals surface area contributed by atoms with E-state index in [1.807, 2.05) is 0 Å². The van der Waals surface area contributed by atoms with Crippen LogP contribution in [0.2, 0.25) is 5.02 Å². The highest BCUT2D eigenvalue weighted by molar-refractivity contribution is 6.31. The second kappa shape index (κ2) is 7.46. The number of halogens is 1. The second-order valence-corrected chi connectivity index (χ2v) is 6.43. The van der Waals surface area contributed by atoms with Crippen LogP contribution in [0, 0.1) is 0 Å². The van der Waals surface area contributed by atoms with Crippen LogP contribution < -0.4 is 10.2 Å². The Balaban J connectivity index is 1.71. The van der Waals surface area contributed by atoms with Crippen LogP contribution in [0.25, 0.3) is 22.5 Å². The van der Waals surface area contributed by atoms with E-state index >= 15 is 0 Å². The zero-order valence-electron chi connectivity index (χ0n) is 14.3. The van der Waals surface area contributed by atoms with E-state index in [1.165, 1.54) is 12.3 Å². The molecule has 0 spiro atoms. The number of morpholine rings is 1. The number of ether oxygens (including phenoxy) is 2. The largest absolute Gasteiger partial charge is 0.476 e. The van der Waals surface area contributed by atoms with E-state index in [0.29, 0.717) is 42.7 Å². The van der Waals surface area contributed by atoms with E-state index in [0.717, 1.165) is 0 Å². The van der Waals surface area contributed by atoms with Crippen LogP contribution >= 0.6 is 11.6 Å². The molecule has 0 atom stereocenters. The topological polar surface area (TPSA) is 82.1 Å². The van der Waals surface area contributed by atoms with Crippen molar-refractivity contribution in [3.8, 4) is 17.3 Å². The molecule has 4 rings (SSSR count). The van der Waals surface area contributed by atoms with Gasteiger partial charge in [0.05, 0.1) is 24.9 Å². The molecule has 0 unspecified atom stereocenters. The fourth-order valence-electron chi connectivity index (χ4n) is 2.89. The van der Waals surface area contributed by atoms with Crippen LogP contribution in [-0.4, -0.2) is 43.7 Å². The Morgan fingerprint density at radius 2 is 2.04 bits per heavy atom. The van der Waals surface area contributed by atoms with E-state index in [2.05, 4.69) is 0 Å². The van der Waals surface area contributed by atoms with Crippen molar-refractivity contribution in [1.29, 1.82) is 0 Å². The minimum Gasteiger partial charge on any atom is -0.476 e. The quantitative estimate of drug-likeness (QED) is 0.682. The summed E-state index contributed by atoms with van der Waals surface area (Å²) in [6.07, 6.45) is 1.46. The molecule has 1 aliphatic heterocycles. The summed E-state index contributed by atoms with van der Waals surface area (Å²) in [5.74, 6) is 0.156. The summed E-state index contributed by atoms with van der Waals surface area (Å²) >= 11 is 6.00. The second-order valence-electron chi connectivity index (χ2n) is 5.99. The lowest BCUT2D eigenvalue weighted by atomic mass is 10.2. The van der Waals surface area contributed by atoms with Crippen LogP contribution in [0.15, 0.2) is 50.2 Å². The molecule has 1 aliphatic rings. The van der Waals surface area contributed by atoms with E-state index in [-0.39, 0.29) is 29.4 Å². The molecule has 0 bridgehead atoms. The molecule has 0 radical (unpaired) electrons. The standard InChI is InChI=1S/C19H16ClNO6/c20-12-3-4-14-13(10-12)17(23)19(18(27-14)15-2-1-7-25-15)26-11-16(22)21-5-8-24-9-6-21/h1-4,7,10H,5-6,8-9,11H2. The Morgan fingerprint density at radius 1 is 1.22 bits per heavy atom. The molecule has 8 heteroatoms. The van der Waals surface area contributed by atoms with Gasteiger partial charge < -0.3 is 23.2 Å². The van der Waals surface area contributed by atoms with Crippen molar-refractivity contribution in [1.82, 2.24) is 4.90 Å². The molecule has 3 heterocycles. The third-order valence-corrected chi connectivity index (χ3v) is 4.49. The van der Waals surface area contributed by atoms with Gasteiger partial charge in [0.15, 0.2) is 12.4 Å². The molecule has 1 amide bonds. The molecule has 7 nitrogen and oxygen atoms in total. The molecule has 1 aromatic carbocycles. The van der Waals surface area contributed by atoms with E-state index in [4.69, 9.17) is 29.9 Å².